The lowest BCUT2D eigenvalue weighted by atomic mass is 10.2. The van der Waals surface area contributed by atoms with Crippen molar-refractivity contribution in [3.8, 4) is 0 Å². The maximum Gasteiger partial charge on any atom is 0.267 e. The number of hydrogen-bond donors (Lipinski definition) is 3. The van der Waals surface area contributed by atoms with Gasteiger partial charge in [0.15, 0.2) is 0 Å². The third-order valence-electron chi connectivity index (χ3n) is 2.88. The number of sulfonamides is 1. The zero-order valence-electron chi connectivity index (χ0n) is 12.0. The first-order chi connectivity index (χ1) is 11.3. The van der Waals surface area contributed by atoms with E-state index in [1.165, 1.54) is 29.8 Å². The Bertz CT molecular complexity index is 900. The lowest BCUT2D eigenvalue weighted by Crippen LogP contribution is -2.15. The Balaban J connectivity index is 2.29. The summed E-state index contributed by atoms with van der Waals surface area (Å²) in [6.45, 7) is 0. The fraction of sp³-hybridized carbons (Fsp3) is 0. The molecule has 0 atom stereocenters. The molecule has 2 rings (SSSR count). The lowest BCUT2D eigenvalue weighted by molar-refractivity contribution is -0.124. The van der Waals surface area contributed by atoms with E-state index in [-0.39, 0.29) is 15.6 Å². The number of benzene rings is 2. The van der Waals surface area contributed by atoms with E-state index in [1.54, 1.807) is 24.3 Å². The van der Waals surface area contributed by atoms with Crippen molar-refractivity contribution >= 4 is 55.2 Å². The highest BCUT2D eigenvalue weighted by molar-refractivity contribution is 9.10. The van der Waals surface area contributed by atoms with E-state index in [0.29, 0.717) is 5.56 Å². The van der Waals surface area contributed by atoms with Gasteiger partial charge in [0.25, 0.3) is 15.9 Å². The van der Waals surface area contributed by atoms with Gasteiger partial charge in [0.1, 0.15) is 0 Å². The maximum atomic E-state index is 12.5. The molecule has 0 aromatic heterocycles. The van der Waals surface area contributed by atoms with Gasteiger partial charge in [0.2, 0.25) is 0 Å². The highest BCUT2D eigenvalue weighted by Gasteiger charge is 2.16. The highest BCUT2D eigenvalue weighted by atomic mass is 79.9. The SMILES string of the molecule is O=C(C=Cc1cccc(S(=O)(=O)Nc2ccc(Br)cc2Cl)c1)NO. The zero-order chi connectivity index (χ0) is 17.7. The van der Waals surface area contributed by atoms with E-state index in [4.69, 9.17) is 16.8 Å². The van der Waals surface area contributed by atoms with Crippen LogP contribution in [0.3, 0.4) is 0 Å². The maximum absolute atomic E-state index is 12.5. The minimum absolute atomic E-state index is 0.00745. The molecule has 3 N–H and O–H groups in total. The number of carbonyl (C=O) groups is 1. The molecule has 0 fully saturated rings. The molecule has 2 aromatic carbocycles. The van der Waals surface area contributed by atoms with Crippen molar-refractivity contribution in [2.45, 2.75) is 4.90 Å². The summed E-state index contributed by atoms with van der Waals surface area (Å²) in [6, 6.07) is 10.7. The molecule has 2 aromatic rings. The number of carbonyl (C=O) groups excluding carboxylic acids is 1. The molecule has 1 amide bonds. The molecular formula is C15H12BrClN2O4S. The van der Waals surface area contributed by atoms with Crippen molar-refractivity contribution in [1.82, 2.24) is 5.48 Å². The molecule has 0 spiro atoms. The van der Waals surface area contributed by atoms with Crippen LogP contribution < -0.4 is 10.2 Å². The molecule has 0 saturated carbocycles. The highest BCUT2D eigenvalue weighted by Crippen LogP contribution is 2.28. The Morgan fingerprint density at radius 2 is 1.96 bits per heavy atom. The van der Waals surface area contributed by atoms with Crippen LogP contribution in [0, 0.1) is 0 Å². The third kappa shape index (κ3) is 4.81. The average Bonchev–Trinajstić information content (AvgIpc) is 2.55. The van der Waals surface area contributed by atoms with E-state index >= 15 is 0 Å². The first-order valence-corrected chi connectivity index (χ1v) is 9.17. The van der Waals surface area contributed by atoms with Crippen LogP contribution in [-0.2, 0) is 14.8 Å². The minimum Gasteiger partial charge on any atom is -0.288 e. The van der Waals surface area contributed by atoms with Gasteiger partial charge in [-0.1, -0.05) is 39.7 Å². The van der Waals surface area contributed by atoms with Gasteiger partial charge in [0, 0.05) is 10.5 Å². The second kappa shape index (κ2) is 7.80. The molecular weight excluding hydrogens is 420 g/mol. The Kier molecular flexibility index (Phi) is 6.00. The summed E-state index contributed by atoms with van der Waals surface area (Å²) < 4.78 is 28.1. The van der Waals surface area contributed by atoms with Gasteiger partial charge in [-0.05, 0) is 42.0 Å². The van der Waals surface area contributed by atoms with Gasteiger partial charge in [-0.25, -0.2) is 13.9 Å². The summed E-state index contributed by atoms with van der Waals surface area (Å²) in [5, 5.41) is 8.69. The summed E-state index contributed by atoms with van der Waals surface area (Å²) in [7, 11) is -3.85. The monoisotopic (exact) mass is 430 g/mol. The number of halogens is 2. The lowest BCUT2D eigenvalue weighted by Gasteiger charge is -2.10. The first kappa shape index (κ1) is 18.5. The van der Waals surface area contributed by atoms with Crippen molar-refractivity contribution < 1.29 is 18.4 Å². The predicted octanol–water partition coefficient (Wildman–Crippen LogP) is 3.42. The van der Waals surface area contributed by atoms with Gasteiger partial charge < -0.3 is 0 Å². The number of nitrogens with one attached hydrogen (secondary N) is 2. The largest absolute Gasteiger partial charge is 0.288 e. The zero-order valence-corrected chi connectivity index (χ0v) is 15.2. The van der Waals surface area contributed by atoms with Crippen LogP contribution in [0.5, 0.6) is 0 Å². The van der Waals surface area contributed by atoms with Crippen molar-refractivity contribution in [2.75, 3.05) is 4.72 Å². The summed E-state index contributed by atoms with van der Waals surface area (Å²) in [6.07, 6.45) is 2.45. The number of hydroxylamine groups is 1. The molecule has 0 bridgehead atoms. The van der Waals surface area contributed by atoms with Crippen LogP contribution in [0.4, 0.5) is 5.69 Å². The van der Waals surface area contributed by atoms with Crippen LogP contribution in [0.1, 0.15) is 5.56 Å². The average molecular weight is 432 g/mol. The minimum atomic E-state index is -3.85. The Labute approximate surface area is 152 Å². The third-order valence-corrected chi connectivity index (χ3v) is 5.05. The van der Waals surface area contributed by atoms with Gasteiger partial charge in [0.05, 0.1) is 15.6 Å². The number of anilines is 1. The van der Waals surface area contributed by atoms with E-state index in [1.807, 2.05) is 0 Å². The van der Waals surface area contributed by atoms with Gasteiger partial charge >= 0.3 is 0 Å². The summed E-state index contributed by atoms with van der Waals surface area (Å²) >= 11 is 9.26. The van der Waals surface area contributed by atoms with E-state index in [0.717, 1.165) is 10.5 Å². The standard InChI is InChI=1S/C15H12BrClN2O4S/c16-11-5-6-14(13(17)9-11)19-24(22,23)12-3-1-2-10(8-12)4-7-15(20)18-21/h1-9,19,21H,(H,18,20). The summed E-state index contributed by atoms with van der Waals surface area (Å²) in [4.78, 5) is 11.0. The second-order valence-corrected chi connectivity index (χ2v) is 7.62. The fourth-order valence-corrected chi connectivity index (χ4v) is 3.68. The molecule has 126 valence electrons. The first-order valence-electron chi connectivity index (χ1n) is 6.52. The van der Waals surface area contributed by atoms with Crippen molar-refractivity contribution in [3.05, 3.63) is 63.6 Å². The van der Waals surface area contributed by atoms with Crippen LogP contribution in [0.15, 0.2) is 57.9 Å². The predicted molar refractivity (Wildman–Crippen MR) is 95.4 cm³/mol. The summed E-state index contributed by atoms with van der Waals surface area (Å²) in [5.41, 5.74) is 2.17. The van der Waals surface area contributed by atoms with Crippen LogP contribution in [0.2, 0.25) is 5.02 Å². The van der Waals surface area contributed by atoms with E-state index in [2.05, 4.69) is 20.7 Å². The normalized spacial score (nSPS) is 11.5. The van der Waals surface area contributed by atoms with E-state index < -0.39 is 15.9 Å². The van der Waals surface area contributed by atoms with Crippen molar-refractivity contribution in [2.24, 2.45) is 0 Å². The molecule has 9 heteroatoms. The molecule has 0 saturated heterocycles. The Morgan fingerprint density at radius 1 is 1.21 bits per heavy atom. The topological polar surface area (TPSA) is 95.5 Å². The van der Waals surface area contributed by atoms with Crippen LogP contribution >= 0.6 is 27.5 Å². The van der Waals surface area contributed by atoms with Crippen molar-refractivity contribution in [1.29, 1.82) is 0 Å². The Hall–Kier alpha value is -1.87. The van der Waals surface area contributed by atoms with Gasteiger partial charge in [-0.15, -0.1) is 0 Å². The molecule has 0 aliphatic rings. The molecule has 6 nitrogen and oxygen atoms in total. The number of amides is 1. The molecule has 0 aliphatic carbocycles. The number of hydrogen-bond acceptors (Lipinski definition) is 4. The molecule has 0 radical (unpaired) electrons. The van der Waals surface area contributed by atoms with E-state index in [9.17, 15) is 13.2 Å². The van der Waals surface area contributed by atoms with Crippen molar-refractivity contribution in [3.63, 3.8) is 0 Å². The molecule has 0 unspecified atom stereocenters. The number of rotatable bonds is 5. The summed E-state index contributed by atoms with van der Waals surface area (Å²) in [5.74, 6) is -0.719. The molecule has 0 aliphatic heterocycles. The smallest absolute Gasteiger partial charge is 0.267 e. The fourth-order valence-electron chi connectivity index (χ4n) is 1.77. The molecule has 24 heavy (non-hydrogen) atoms. The second-order valence-electron chi connectivity index (χ2n) is 4.61. The van der Waals surface area contributed by atoms with Gasteiger partial charge in [-0.2, -0.15) is 0 Å². The van der Waals surface area contributed by atoms with Crippen LogP contribution in [-0.4, -0.2) is 19.5 Å². The quantitative estimate of drug-likeness (QED) is 0.384. The van der Waals surface area contributed by atoms with Crippen LogP contribution in [0.25, 0.3) is 6.08 Å². The van der Waals surface area contributed by atoms with Gasteiger partial charge in [-0.3, -0.25) is 14.7 Å². The molecule has 0 heterocycles. The Morgan fingerprint density at radius 3 is 2.62 bits per heavy atom.